The molecule has 0 saturated carbocycles. The summed E-state index contributed by atoms with van der Waals surface area (Å²) in [5.74, 6) is -2.28. The van der Waals surface area contributed by atoms with E-state index in [0.29, 0.717) is 23.9 Å². The lowest BCUT2D eigenvalue weighted by atomic mass is 10.0. The Hall–Kier alpha value is -2.75. The molecule has 0 heterocycles. The fraction of sp³-hybridized carbons (Fsp3) is 0.851. The van der Waals surface area contributed by atoms with Crippen LogP contribution >= 0.6 is 0 Å². The zero-order chi connectivity index (χ0) is 60.5. The maximum absolute atomic E-state index is 12.9. The highest BCUT2D eigenvalue weighted by molar-refractivity contribution is 5.70. The molecule has 0 saturated heterocycles. The van der Waals surface area contributed by atoms with Gasteiger partial charge in [-0.15, -0.1) is 0 Å². The first kappa shape index (κ1) is 80.2. The molecule has 2 atom stereocenters. The molecule has 0 aliphatic rings. The van der Waals surface area contributed by atoms with Gasteiger partial charge < -0.3 is 33.3 Å². The quantitative estimate of drug-likeness (QED) is 0.0195. The first-order chi connectivity index (χ1) is 40.6. The van der Waals surface area contributed by atoms with Crippen LogP contribution in [0.25, 0.3) is 0 Å². The summed E-state index contributed by atoms with van der Waals surface area (Å²) in [6, 6.07) is 0. The molecule has 2 unspecified atom stereocenters. The van der Waals surface area contributed by atoms with Crippen molar-refractivity contribution in [3.63, 3.8) is 0 Å². The van der Waals surface area contributed by atoms with Gasteiger partial charge in [0.15, 0.2) is 12.4 Å². The number of rotatable bonds is 67. The minimum atomic E-state index is -1.63. The minimum absolute atomic E-state index is 0.145. The average Bonchev–Trinajstić information content (AvgIpc) is 3.46. The van der Waals surface area contributed by atoms with Crippen molar-refractivity contribution in [2.24, 2.45) is 0 Å². The van der Waals surface area contributed by atoms with E-state index in [1.807, 2.05) is 21.1 Å². The first-order valence-electron chi connectivity index (χ1n) is 35.8. The number of carboxylic acid groups (broad SMARTS) is 1. The van der Waals surface area contributed by atoms with Crippen LogP contribution in [0.4, 0.5) is 0 Å². The molecule has 9 heteroatoms. The number of unbranched alkanes of at least 4 members (excludes halogenated alkanes) is 44. The van der Waals surface area contributed by atoms with Crippen LogP contribution in [-0.2, 0) is 33.3 Å². The van der Waals surface area contributed by atoms with E-state index >= 15 is 0 Å². The Balaban J connectivity index is 3.95. The predicted molar refractivity (Wildman–Crippen MR) is 352 cm³/mol. The van der Waals surface area contributed by atoms with Crippen molar-refractivity contribution in [3.05, 3.63) is 48.6 Å². The molecule has 0 aromatic heterocycles. The molecule has 0 N–H and O–H groups in total. The second kappa shape index (κ2) is 65.2. The highest BCUT2D eigenvalue weighted by atomic mass is 16.7. The Kier molecular flexibility index (Phi) is 63.1. The minimum Gasteiger partial charge on any atom is -0.545 e. The van der Waals surface area contributed by atoms with Crippen LogP contribution in [0.1, 0.15) is 348 Å². The van der Waals surface area contributed by atoms with Crippen LogP contribution in [0.15, 0.2) is 48.6 Å². The molecule has 0 spiro atoms. The van der Waals surface area contributed by atoms with E-state index in [9.17, 15) is 19.5 Å². The summed E-state index contributed by atoms with van der Waals surface area (Å²) in [7, 11) is 5.93. The van der Waals surface area contributed by atoms with Gasteiger partial charge in [-0.3, -0.25) is 9.59 Å². The standard InChI is InChI=1S/C74H137NO8/c1-6-8-10-12-14-16-18-20-22-24-26-27-28-29-30-31-32-33-34-35-36-37-38-39-40-41-42-43-44-45-47-48-50-52-54-56-58-60-62-64-71(76)81-68-70(69-82-74(73(78)79)80-67-66-75(3,4)5)83-72(77)65-63-61-59-57-55-53-51-49-46-25-23-21-19-17-15-13-11-9-7-2/h15,17,21,23-24,26,46,49,70,74H,6-14,16,18-20,22,25,27-45,47-48,50-69H2,1-5H3/b17-15-,23-21-,26-24-,49-46-. The molecule has 0 aromatic rings. The van der Waals surface area contributed by atoms with Crippen LogP contribution in [0.3, 0.4) is 0 Å². The van der Waals surface area contributed by atoms with Gasteiger partial charge in [0.1, 0.15) is 13.2 Å². The summed E-state index contributed by atoms with van der Waals surface area (Å²) >= 11 is 0. The third-order valence-corrected chi connectivity index (χ3v) is 16.0. The average molecular weight is 1170 g/mol. The van der Waals surface area contributed by atoms with Gasteiger partial charge in [0.25, 0.3) is 0 Å². The van der Waals surface area contributed by atoms with E-state index in [-0.39, 0.29) is 32.2 Å². The number of hydrogen-bond donors (Lipinski definition) is 0. The van der Waals surface area contributed by atoms with Gasteiger partial charge in [-0.2, -0.15) is 0 Å². The Labute approximate surface area is 514 Å². The lowest BCUT2D eigenvalue weighted by Gasteiger charge is -2.26. The molecule has 0 amide bonds. The molecule has 0 radical (unpaired) electrons. The fourth-order valence-corrected chi connectivity index (χ4v) is 10.5. The van der Waals surface area contributed by atoms with Crippen molar-refractivity contribution >= 4 is 17.9 Å². The number of carbonyl (C=O) groups is 3. The summed E-state index contributed by atoms with van der Waals surface area (Å²) in [6.45, 7) is 4.75. The Bertz CT molecular complexity index is 1500. The summed E-state index contributed by atoms with van der Waals surface area (Å²) in [6.07, 6.45) is 80.8. The number of likely N-dealkylation sites (N-methyl/N-ethyl adjacent to an activating group) is 1. The van der Waals surface area contributed by atoms with Crippen LogP contribution in [0, 0.1) is 0 Å². The second-order valence-corrected chi connectivity index (χ2v) is 25.5. The molecule has 83 heavy (non-hydrogen) atoms. The van der Waals surface area contributed by atoms with Crippen LogP contribution in [0.2, 0.25) is 0 Å². The molecule has 9 nitrogen and oxygen atoms in total. The normalized spacial score (nSPS) is 12.9. The predicted octanol–water partition coefficient (Wildman–Crippen LogP) is 20.8. The lowest BCUT2D eigenvalue weighted by molar-refractivity contribution is -0.870. The zero-order valence-electron chi connectivity index (χ0n) is 55.6. The number of quaternary nitrogens is 1. The number of carboxylic acids is 1. The Morgan fingerprint density at radius 3 is 1.00 bits per heavy atom. The van der Waals surface area contributed by atoms with Crippen LogP contribution < -0.4 is 5.11 Å². The molecule has 486 valence electrons. The summed E-state index contributed by atoms with van der Waals surface area (Å²) in [4.78, 5) is 37.4. The molecular weight excluding hydrogens is 1030 g/mol. The van der Waals surface area contributed by atoms with Crippen molar-refractivity contribution in [1.29, 1.82) is 0 Å². The number of nitrogens with zero attached hydrogens (tertiary/aromatic N) is 1. The number of allylic oxidation sites excluding steroid dienone is 8. The van der Waals surface area contributed by atoms with Gasteiger partial charge in [0, 0.05) is 12.8 Å². The maximum atomic E-state index is 12.9. The Morgan fingerprint density at radius 2 is 0.651 bits per heavy atom. The van der Waals surface area contributed by atoms with Gasteiger partial charge in [0.05, 0.1) is 40.3 Å². The second-order valence-electron chi connectivity index (χ2n) is 25.5. The summed E-state index contributed by atoms with van der Waals surface area (Å²) in [5.41, 5.74) is 0. The maximum Gasteiger partial charge on any atom is 0.306 e. The van der Waals surface area contributed by atoms with Gasteiger partial charge in [-0.25, -0.2) is 0 Å². The molecule has 0 aliphatic carbocycles. The van der Waals surface area contributed by atoms with Crippen LogP contribution in [0.5, 0.6) is 0 Å². The van der Waals surface area contributed by atoms with E-state index in [2.05, 4.69) is 62.5 Å². The smallest absolute Gasteiger partial charge is 0.306 e. The number of aliphatic carboxylic acids is 1. The number of hydrogen-bond acceptors (Lipinski definition) is 8. The van der Waals surface area contributed by atoms with Crippen molar-refractivity contribution in [2.45, 2.75) is 360 Å². The molecule has 0 bridgehead atoms. The van der Waals surface area contributed by atoms with E-state index in [1.54, 1.807) is 0 Å². The molecule has 0 aromatic carbocycles. The fourth-order valence-electron chi connectivity index (χ4n) is 10.5. The van der Waals surface area contributed by atoms with Crippen molar-refractivity contribution < 1.29 is 42.9 Å². The third kappa shape index (κ3) is 66.6. The Morgan fingerprint density at radius 1 is 0.361 bits per heavy atom. The van der Waals surface area contributed by atoms with Crippen molar-refractivity contribution in [2.75, 3.05) is 47.5 Å². The zero-order valence-corrected chi connectivity index (χ0v) is 55.6. The van der Waals surface area contributed by atoms with E-state index in [4.69, 9.17) is 18.9 Å². The van der Waals surface area contributed by atoms with E-state index in [0.717, 1.165) is 70.6 Å². The van der Waals surface area contributed by atoms with Crippen LogP contribution in [-0.4, -0.2) is 82.3 Å². The SMILES string of the molecule is CCCCC/C=C\C/C=C\C/C=C\CCCCCCCCC(=O)OC(COC(=O)CCCCCCCCCCCCCCCCCCCCCCCCCCCCC/C=C\CCCCCCCCCC)COC(OCC[N+](C)(C)C)C(=O)[O-]. The van der Waals surface area contributed by atoms with E-state index in [1.165, 1.54) is 244 Å². The third-order valence-electron chi connectivity index (χ3n) is 16.0. The van der Waals surface area contributed by atoms with Gasteiger partial charge in [-0.05, 0) is 77.0 Å². The van der Waals surface area contributed by atoms with Gasteiger partial charge in [0.2, 0.25) is 0 Å². The highest BCUT2D eigenvalue weighted by Gasteiger charge is 2.22. The molecule has 0 fully saturated rings. The van der Waals surface area contributed by atoms with Crippen molar-refractivity contribution in [1.82, 2.24) is 0 Å². The topological polar surface area (TPSA) is 111 Å². The number of ether oxygens (including phenoxy) is 4. The molecule has 0 aliphatic heterocycles. The summed E-state index contributed by atoms with van der Waals surface area (Å²) in [5, 5.41) is 11.8. The van der Waals surface area contributed by atoms with E-state index < -0.39 is 24.3 Å². The number of carbonyl (C=O) groups excluding carboxylic acids is 3. The highest BCUT2D eigenvalue weighted by Crippen LogP contribution is 2.18. The van der Waals surface area contributed by atoms with Gasteiger partial charge in [-0.1, -0.05) is 306 Å². The number of esters is 2. The van der Waals surface area contributed by atoms with Gasteiger partial charge >= 0.3 is 11.9 Å². The largest absolute Gasteiger partial charge is 0.545 e. The monoisotopic (exact) mass is 1170 g/mol. The molecule has 0 rings (SSSR count). The summed E-state index contributed by atoms with van der Waals surface area (Å²) < 4.78 is 22.8. The first-order valence-corrected chi connectivity index (χ1v) is 35.8. The van der Waals surface area contributed by atoms with Crippen molar-refractivity contribution in [3.8, 4) is 0 Å². The lowest BCUT2D eigenvalue weighted by Crippen LogP contribution is -2.44. The molecular formula is C74H137NO8.